The molecule has 1 aliphatic carbocycles. The van der Waals surface area contributed by atoms with Crippen molar-refractivity contribution < 1.29 is 19.7 Å². The van der Waals surface area contributed by atoms with Gasteiger partial charge in [-0.2, -0.15) is 0 Å². The minimum atomic E-state index is -0.594. The van der Waals surface area contributed by atoms with Crippen molar-refractivity contribution in [3.05, 3.63) is 41.5 Å². The van der Waals surface area contributed by atoms with Crippen molar-refractivity contribution in [1.82, 2.24) is 4.90 Å². The molecule has 1 aliphatic heterocycles. The van der Waals surface area contributed by atoms with Crippen LogP contribution in [0.15, 0.2) is 30.4 Å². The van der Waals surface area contributed by atoms with E-state index in [4.69, 9.17) is 4.74 Å². The second-order valence-corrected chi connectivity index (χ2v) is 10.7. The van der Waals surface area contributed by atoms with Crippen LogP contribution in [0.5, 0.6) is 5.75 Å². The summed E-state index contributed by atoms with van der Waals surface area (Å²) in [5.74, 6) is 7.05. The van der Waals surface area contributed by atoms with Gasteiger partial charge in [-0.05, 0) is 58.9 Å². The number of rotatable bonds is 10. The number of carbonyl (C=O) groups excluding carboxylic acids is 1. The summed E-state index contributed by atoms with van der Waals surface area (Å²) in [6.45, 7) is 12.0. The van der Waals surface area contributed by atoms with Gasteiger partial charge in [0.15, 0.2) is 0 Å². The number of hydrogen-bond acceptors (Lipinski definition) is 4. The van der Waals surface area contributed by atoms with Crippen LogP contribution >= 0.6 is 0 Å². The van der Waals surface area contributed by atoms with Crippen LogP contribution < -0.4 is 4.74 Å². The average molecular weight is 482 g/mol. The quantitative estimate of drug-likeness (QED) is 0.370. The Hall–Kier alpha value is -2.29. The fourth-order valence-corrected chi connectivity index (χ4v) is 5.71. The third-order valence-electron chi connectivity index (χ3n) is 7.44. The van der Waals surface area contributed by atoms with E-state index in [9.17, 15) is 15.0 Å². The number of aliphatic hydroxyl groups excluding tert-OH is 2. The van der Waals surface area contributed by atoms with Gasteiger partial charge in [0.1, 0.15) is 11.9 Å². The zero-order valence-electron chi connectivity index (χ0n) is 22.2. The number of ether oxygens (including phenoxy) is 1. The predicted molar refractivity (Wildman–Crippen MR) is 140 cm³/mol. The summed E-state index contributed by atoms with van der Waals surface area (Å²) < 4.78 is 6.38. The van der Waals surface area contributed by atoms with Gasteiger partial charge in [0, 0.05) is 48.7 Å². The first-order valence-electron chi connectivity index (χ1n) is 13.2. The molecule has 2 aliphatic rings. The first-order valence-corrected chi connectivity index (χ1v) is 13.2. The lowest BCUT2D eigenvalue weighted by Gasteiger charge is -2.31. The monoisotopic (exact) mass is 481 g/mol. The summed E-state index contributed by atoms with van der Waals surface area (Å²) in [6, 6.07) is 6.64. The Bertz CT molecular complexity index is 949. The van der Waals surface area contributed by atoms with E-state index in [0.29, 0.717) is 19.3 Å². The van der Waals surface area contributed by atoms with E-state index in [0.717, 1.165) is 29.7 Å². The molecule has 1 amide bonds. The van der Waals surface area contributed by atoms with Crippen LogP contribution in [0, 0.1) is 23.7 Å². The molecule has 0 spiro atoms. The van der Waals surface area contributed by atoms with E-state index in [2.05, 4.69) is 57.7 Å². The molecule has 35 heavy (non-hydrogen) atoms. The smallest absolute Gasteiger partial charge is 0.223 e. The molecule has 0 bridgehead atoms. The van der Waals surface area contributed by atoms with Crippen molar-refractivity contribution in [3.8, 4) is 17.6 Å². The highest BCUT2D eigenvalue weighted by molar-refractivity contribution is 5.76. The number of nitrogens with zero attached hydrogens (tertiary/aromatic N) is 1. The van der Waals surface area contributed by atoms with Crippen LogP contribution in [-0.4, -0.2) is 51.4 Å². The maximum absolute atomic E-state index is 12.8. The van der Waals surface area contributed by atoms with Gasteiger partial charge in [-0.1, -0.05) is 37.3 Å². The highest BCUT2D eigenvalue weighted by Gasteiger charge is 2.48. The molecule has 5 heteroatoms. The second kappa shape index (κ2) is 12.1. The van der Waals surface area contributed by atoms with Crippen molar-refractivity contribution in [3.63, 3.8) is 0 Å². The average Bonchev–Trinajstić information content (AvgIpc) is 3.30. The molecule has 6 atom stereocenters. The molecule has 1 fully saturated rings. The number of benzene rings is 1. The van der Waals surface area contributed by atoms with Gasteiger partial charge in [0.2, 0.25) is 5.91 Å². The Morgan fingerprint density at radius 1 is 1.23 bits per heavy atom. The van der Waals surface area contributed by atoms with Crippen molar-refractivity contribution in [2.24, 2.45) is 11.8 Å². The standard InChI is InChI=1S/C30H43NO4/c1-7-8-11-21(6)25(32)17-16-23-26(33)18-27-29(23)24-14-9-12-22(30(24)35-27)13-10-15-28(34)31(19(2)3)20(4)5/h9,12,14,16-17,19-21,23,25-27,29,32-33H,10-11,13,15,18H2,1-6H3/t21-,23+,25-,26-,27+,29+/m1/s1. The summed E-state index contributed by atoms with van der Waals surface area (Å²) in [4.78, 5) is 14.7. The second-order valence-electron chi connectivity index (χ2n) is 10.7. The van der Waals surface area contributed by atoms with Gasteiger partial charge in [0.05, 0.1) is 12.2 Å². The Morgan fingerprint density at radius 3 is 2.60 bits per heavy atom. The van der Waals surface area contributed by atoms with Crippen LogP contribution in [0.3, 0.4) is 0 Å². The Kier molecular flexibility index (Phi) is 9.44. The highest BCUT2D eigenvalue weighted by Crippen LogP contribution is 2.52. The number of amides is 1. The van der Waals surface area contributed by atoms with Crippen LogP contribution in [0.25, 0.3) is 0 Å². The van der Waals surface area contributed by atoms with Crippen molar-refractivity contribution in [1.29, 1.82) is 0 Å². The molecule has 192 valence electrons. The number of aliphatic hydroxyl groups is 2. The molecule has 0 aromatic heterocycles. The molecular formula is C30H43NO4. The molecule has 1 saturated carbocycles. The molecule has 0 unspecified atom stereocenters. The molecule has 1 aromatic carbocycles. The molecule has 1 aromatic rings. The maximum atomic E-state index is 12.8. The van der Waals surface area contributed by atoms with E-state index < -0.39 is 12.2 Å². The van der Waals surface area contributed by atoms with E-state index >= 15 is 0 Å². The van der Waals surface area contributed by atoms with Crippen LogP contribution in [-0.2, 0) is 11.2 Å². The van der Waals surface area contributed by atoms with Gasteiger partial charge in [-0.3, -0.25) is 4.79 Å². The number of para-hydroxylation sites is 1. The van der Waals surface area contributed by atoms with E-state index in [1.165, 1.54) is 0 Å². The Morgan fingerprint density at radius 2 is 1.94 bits per heavy atom. The molecule has 0 saturated heterocycles. The van der Waals surface area contributed by atoms with Crippen molar-refractivity contribution in [2.75, 3.05) is 0 Å². The maximum Gasteiger partial charge on any atom is 0.223 e. The van der Waals surface area contributed by atoms with Crippen molar-refractivity contribution >= 4 is 5.91 Å². The number of hydrogen-bond donors (Lipinski definition) is 2. The lowest BCUT2D eigenvalue weighted by molar-refractivity contribution is -0.134. The summed E-state index contributed by atoms with van der Waals surface area (Å²) in [5.41, 5.74) is 2.27. The van der Waals surface area contributed by atoms with Gasteiger partial charge >= 0.3 is 0 Å². The van der Waals surface area contributed by atoms with E-state index in [1.807, 2.05) is 24.0 Å². The molecule has 3 rings (SSSR count). The van der Waals surface area contributed by atoms with Crippen LogP contribution in [0.1, 0.15) is 84.3 Å². The topological polar surface area (TPSA) is 70.0 Å². The molecule has 2 N–H and O–H groups in total. The largest absolute Gasteiger partial charge is 0.489 e. The number of carbonyl (C=O) groups is 1. The van der Waals surface area contributed by atoms with E-state index in [-0.39, 0.29) is 41.8 Å². The predicted octanol–water partition coefficient (Wildman–Crippen LogP) is 4.85. The fourth-order valence-electron chi connectivity index (χ4n) is 5.71. The van der Waals surface area contributed by atoms with Gasteiger partial charge in [-0.15, -0.1) is 11.8 Å². The molecule has 1 heterocycles. The molecule has 0 radical (unpaired) electrons. The Labute approximate surface area is 211 Å². The zero-order chi connectivity index (χ0) is 25.7. The Balaban J connectivity index is 1.69. The van der Waals surface area contributed by atoms with E-state index in [1.54, 1.807) is 6.92 Å². The normalized spacial score (nSPS) is 24.6. The number of aryl methyl sites for hydroxylation is 1. The van der Waals surface area contributed by atoms with Crippen LogP contribution in [0.4, 0.5) is 0 Å². The third-order valence-corrected chi connectivity index (χ3v) is 7.44. The lowest BCUT2D eigenvalue weighted by atomic mass is 9.86. The van der Waals surface area contributed by atoms with Crippen molar-refractivity contribution in [2.45, 2.75) is 110 Å². The summed E-state index contributed by atoms with van der Waals surface area (Å²) in [6.07, 6.45) is 5.97. The first kappa shape index (κ1) is 27.3. The minimum absolute atomic E-state index is 0.0387. The SMILES string of the molecule is CC#CC[C@@H](C)[C@H](O)C=C[C@@H]1[C@H]2c3cccc(CCCC(=O)N(C(C)C)C(C)C)c3O[C@H]2C[C@H]1O. The van der Waals surface area contributed by atoms with Crippen LogP contribution in [0.2, 0.25) is 0 Å². The summed E-state index contributed by atoms with van der Waals surface area (Å²) in [7, 11) is 0. The minimum Gasteiger partial charge on any atom is -0.489 e. The van der Waals surface area contributed by atoms with Gasteiger partial charge in [-0.25, -0.2) is 0 Å². The number of fused-ring (bicyclic) bond motifs is 3. The van der Waals surface area contributed by atoms with Gasteiger partial charge in [0.25, 0.3) is 0 Å². The lowest BCUT2D eigenvalue weighted by Crippen LogP contribution is -2.41. The zero-order valence-corrected chi connectivity index (χ0v) is 22.2. The molecular weight excluding hydrogens is 438 g/mol. The third kappa shape index (κ3) is 6.29. The molecule has 5 nitrogen and oxygen atoms in total. The fraction of sp³-hybridized carbons (Fsp3) is 0.633. The van der Waals surface area contributed by atoms with Gasteiger partial charge < -0.3 is 19.8 Å². The summed E-state index contributed by atoms with van der Waals surface area (Å²) in [5, 5.41) is 21.3. The first-order chi connectivity index (χ1) is 16.6. The highest BCUT2D eigenvalue weighted by atomic mass is 16.5. The summed E-state index contributed by atoms with van der Waals surface area (Å²) >= 11 is 0.